The first-order valence-electron chi connectivity index (χ1n) is 6.15. The van der Waals surface area contributed by atoms with E-state index in [0.717, 1.165) is 26.2 Å². The molecule has 3 nitrogen and oxygen atoms in total. The second-order valence-electron chi connectivity index (χ2n) is 4.69. The predicted molar refractivity (Wildman–Crippen MR) is 64.2 cm³/mol. The van der Waals surface area contributed by atoms with Gasteiger partial charge in [0.15, 0.2) is 0 Å². The van der Waals surface area contributed by atoms with Crippen molar-refractivity contribution in [1.29, 1.82) is 0 Å². The van der Waals surface area contributed by atoms with Gasteiger partial charge in [-0.3, -0.25) is 4.90 Å². The minimum Gasteiger partial charge on any atom is -0.383 e. The van der Waals surface area contributed by atoms with E-state index in [4.69, 9.17) is 4.74 Å². The summed E-state index contributed by atoms with van der Waals surface area (Å²) >= 11 is 0. The van der Waals surface area contributed by atoms with Gasteiger partial charge in [0.2, 0.25) is 0 Å². The van der Waals surface area contributed by atoms with Gasteiger partial charge < -0.3 is 10.1 Å². The van der Waals surface area contributed by atoms with E-state index in [1.54, 1.807) is 7.11 Å². The zero-order chi connectivity index (χ0) is 11.3. The van der Waals surface area contributed by atoms with Crippen LogP contribution in [0.3, 0.4) is 0 Å². The van der Waals surface area contributed by atoms with Crippen LogP contribution in [0.1, 0.15) is 33.6 Å². The van der Waals surface area contributed by atoms with Crippen molar-refractivity contribution >= 4 is 0 Å². The van der Waals surface area contributed by atoms with Crippen molar-refractivity contribution in [2.45, 2.75) is 45.2 Å². The van der Waals surface area contributed by atoms with Crippen LogP contribution in [-0.2, 0) is 4.74 Å². The molecule has 0 bridgehead atoms. The first kappa shape index (κ1) is 12.9. The Balaban J connectivity index is 2.54. The molecule has 1 saturated heterocycles. The topological polar surface area (TPSA) is 24.5 Å². The third kappa shape index (κ3) is 3.16. The Kier molecular flexibility index (Phi) is 5.03. The SMILES string of the molecule is CCC1(CC)CN(C(C)COC)CCN1. The average Bonchev–Trinajstić information content (AvgIpc) is 2.29. The van der Waals surface area contributed by atoms with E-state index in [1.165, 1.54) is 12.8 Å². The van der Waals surface area contributed by atoms with Gasteiger partial charge in [0.25, 0.3) is 0 Å². The van der Waals surface area contributed by atoms with Crippen LogP contribution in [0, 0.1) is 0 Å². The number of piperazine rings is 1. The molecule has 1 heterocycles. The molecule has 0 aromatic heterocycles. The van der Waals surface area contributed by atoms with Gasteiger partial charge in [-0.2, -0.15) is 0 Å². The Morgan fingerprint density at radius 2 is 2.07 bits per heavy atom. The van der Waals surface area contributed by atoms with E-state index >= 15 is 0 Å². The summed E-state index contributed by atoms with van der Waals surface area (Å²) in [6.07, 6.45) is 2.42. The zero-order valence-corrected chi connectivity index (χ0v) is 10.7. The summed E-state index contributed by atoms with van der Waals surface area (Å²) in [4.78, 5) is 2.55. The van der Waals surface area contributed by atoms with Crippen LogP contribution in [-0.4, -0.2) is 49.8 Å². The molecule has 0 amide bonds. The number of rotatable bonds is 5. The normalized spacial score (nSPS) is 24.0. The van der Waals surface area contributed by atoms with Crippen LogP contribution in [0.15, 0.2) is 0 Å². The van der Waals surface area contributed by atoms with Crippen molar-refractivity contribution in [3.63, 3.8) is 0 Å². The standard InChI is InChI=1S/C12H26N2O/c1-5-12(6-2)10-14(8-7-13-12)11(3)9-15-4/h11,13H,5-10H2,1-4H3. The average molecular weight is 214 g/mol. The summed E-state index contributed by atoms with van der Waals surface area (Å²) in [7, 11) is 1.78. The number of hydrogen-bond acceptors (Lipinski definition) is 3. The Hall–Kier alpha value is -0.120. The maximum Gasteiger partial charge on any atom is 0.0615 e. The Labute approximate surface area is 94.2 Å². The fourth-order valence-corrected chi connectivity index (χ4v) is 2.43. The second kappa shape index (κ2) is 5.83. The van der Waals surface area contributed by atoms with Crippen molar-refractivity contribution in [2.75, 3.05) is 33.4 Å². The Morgan fingerprint density at radius 1 is 1.40 bits per heavy atom. The number of nitrogens with one attached hydrogen (secondary N) is 1. The van der Waals surface area contributed by atoms with Gasteiger partial charge in [-0.1, -0.05) is 13.8 Å². The van der Waals surface area contributed by atoms with Crippen molar-refractivity contribution in [3.8, 4) is 0 Å². The maximum absolute atomic E-state index is 5.23. The third-order valence-electron chi connectivity index (χ3n) is 3.79. The molecule has 0 saturated carbocycles. The Morgan fingerprint density at radius 3 is 2.60 bits per heavy atom. The van der Waals surface area contributed by atoms with Crippen LogP contribution < -0.4 is 5.32 Å². The molecular weight excluding hydrogens is 188 g/mol. The lowest BCUT2D eigenvalue weighted by Crippen LogP contribution is -2.61. The fraction of sp³-hybridized carbons (Fsp3) is 1.00. The van der Waals surface area contributed by atoms with Crippen LogP contribution in [0.5, 0.6) is 0 Å². The molecule has 0 aliphatic carbocycles. The first-order chi connectivity index (χ1) is 7.17. The van der Waals surface area contributed by atoms with Gasteiger partial charge in [-0.25, -0.2) is 0 Å². The summed E-state index contributed by atoms with van der Waals surface area (Å²) in [5.74, 6) is 0. The lowest BCUT2D eigenvalue weighted by atomic mass is 9.89. The van der Waals surface area contributed by atoms with Crippen molar-refractivity contribution in [1.82, 2.24) is 10.2 Å². The smallest absolute Gasteiger partial charge is 0.0615 e. The maximum atomic E-state index is 5.23. The highest BCUT2D eigenvalue weighted by atomic mass is 16.5. The van der Waals surface area contributed by atoms with Gasteiger partial charge in [0, 0.05) is 38.3 Å². The largest absolute Gasteiger partial charge is 0.383 e. The Bertz CT molecular complexity index is 180. The van der Waals surface area contributed by atoms with Crippen LogP contribution in [0.25, 0.3) is 0 Å². The predicted octanol–water partition coefficient (Wildman–Crippen LogP) is 1.49. The molecule has 1 rings (SSSR count). The summed E-state index contributed by atoms with van der Waals surface area (Å²) < 4.78 is 5.23. The molecule has 15 heavy (non-hydrogen) atoms. The second-order valence-corrected chi connectivity index (χ2v) is 4.69. The molecule has 1 aliphatic heterocycles. The van der Waals surface area contributed by atoms with Gasteiger partial charge in [0.05, 0.1) is 6.61 Å². The molecule has 1 unspecified atom stereocenters. The molecule has 1 N–H and O–H groups in total. The molecular formula is C12H26N2O. The molecule has 0 spiro atoms. The van der Waals surface area contributed by atoms with Crippen molar-refractivity contribution in [2.24, 2.45) is 0 Å². The van der Waals surface area contributed by atoms with E-state index in [2.05, 4.69) is 31.0 Å². The summed E-state index contributed by atoms with van der Waals surface area (Å²) in [6.45, 7) is 11.1. The van der Waals surface area contributed by atoms with E-state index in [-0.39, 0.29) is 0 Å². The number of methoxy groups -OCH3 is 1. The number of nitrogens with zero attached hydrogens (tertiary/aromatic N) is 1. The molecule has 1 atom stereocenters. The van der Waals surface area contributed by atoms with E-state index in [9.17, 15) is 0 Å². The highest BCUT2D eigenvalue weighted by Gasteiger charge is 2.33. The molecule has 1 aliphatic rings. The minimum absolute atomic E-state index is 0.334. The molecule has 0 aromatic rings. The van der Waals surface area contributed by atoms with Crippen LogP contribution >= 0.6 is 0 Å². The van der Waals surface area contributed by atoms with E-state index < -0.39 is 0 Å². The molecule has 1 fully saturated rings. The van der Waals surface area contributed by atoms with Gasteiger partial charge >= 0.3 is 0 Å². The van der Waals surface area contributed by atoms with E-state index in [1.807, 2.05) is 0 Å². The van der Waals surface area contributed by atoms with Gasteiger partial charge in [-0.05, 0) is 19.8 Å². The third-order valence-corrected chi connectivity index (χ3v) is 3.79. The summed E-state index contributed by atoms with van der Waals surface area (Å²) in [6, 6.07) is 0.537. The highest BCUT2D eigenvalue weighted by molar-refractivity contribution is 4.93. The van der Waals surface area contributed by atoms with Crippen LogP contribution in [0.4, 0.5) is 0 Å². The lowest BCUT2D eigenvalue weighted by molar-refractivity contribution is 0.0492. The van der Waals surface area contributed by atoms with E-state index in [0.29, 0.717) is 11.6 Å². The molecule has 0 radical (unpaired) electrons. The minimum atomic E-state index is 0.334. The summed E-state index contributed by atoms with van der Waals surface area (Å²) in [5.41, 5.74) is 0.334. The fourth-order valence-electron chi connectivity index (χ4n) is 2.43. The molecule has 90 valence electrons. The number of ether oxygens (including phenoxy) is 1. The number of hydrogen-bond donors (Lipinski definition) is 1. The van der Waals surface area contributed by atoms with Gasteiger partial charge in [-0.15, -0.1) is 0 Å². The molecule has 3 heteroatoms. The lowest BCUT2D eigenvalue weighted by Gasteiger charge is -2.45. The van der Waals surface area contributed by atoms with Crippen molar-refractivity contribution < 1.29 is 4.74 Å². The van der Waals surface area contributed by atoms with Gasteiger partial charge in [0.1, 0.15) is 0 Å². The van der Waals surface area contributed by atoms with Crippen LogP contribution in [0.2, 0.25) is 0 Å². The monoisotopic (exact) mass is 214 g/mol. The molecule has 0 aromatic carbocycles. The van der Waals surface area contributed by atoms with Crippen molar-refractivity contribution in [3.05, 3.63) is 0 Å². The quantitative estimate of drug-likeness (QED) is 0.750. The first-order valence-corrected chi connectivity index (χ1v) is 6.15. The zero-order valence-electron chi connectivity index (χ0n) is 10.7. The summed E-state index contributed by atoms with van der Waals surface area (Å²) in [5, 5.41) is 3.68. The highest BCUT2D eigenvalue weighted by Crippen LogP contribution is 2.21.